The van der Waals surface area contributed by atoms with Crippen LogP contribution < -0.4 is 0 Å². The van der Waals surface area contributed by atoms with Gasteiger partial charge in [0.05, 0.1) is 6.07 Å². The van der Waals surface area contributed by atoms with Crippen LogP contribution in [0.25, 0.3) is 0 Å². The molecule has 0 aromatic heterocycles. The van der Waals surface area contributed by atoms with Crippen molar-refractivity contribution in [3.8, 4) is 6.07 Å². The second-order valence-electron chi connectivity index (χ2n) is 4.77. The molecule has 0 bridgehead atoms. The molecule has 1 saturated heterocycles. The Labute approximate surface area is 87.2 Å². The largest absolute Gasteiger partial charge is 0.294 e. The van der Waals surface area contributed by atoms with Crippen LogP contribution in [-0.2, 0) is 0 Å². The Hall–Kier alpha value is -0.810. The Bertz CT molecular complexity index is 237. The predicted molar refractivity (Wildman–Crippen MR) is 58.8 cm³/mol. The van der Waals surface area contributed by atoms with Gasteiger partial charge in [-0.05, 0) is 32.6 Å². The van der Waals surface area contributed by atoms with E-state index in [1.165, 1.54) is 12.8 Å². The Morgan fingerprint density at radius 3 is 2.93 bits per heavy atom. The summed E-state index contributed by atoms with van der Waals surface area (Å²) < 4.78 is 0. The maximum absolute atomic E-state index is 8.68. The highest BCUT2D eigenvalue weighted by atomic mass is 15.2. The van der Waals surface area contributed by atoms with Crippen LogP contribution in [0.2, 0.25) is 0 Å². The minimum atomic E-state index is 0.278. The van der Waals surface area contributed by atoms with Crippen LogP contribution in [0, 0.1) is 17.2 Å². The van der Waals surface area contributed by atoms with E-state index in [4.69, 9.17) is 5.26 Å². The fourth-order valence-electron chi connectivity index (χ4n) is 2.14. The second-order valence-corrected chi connectivity index (χ2v) is 4.77. The molecule has 1 unspecified atom stereocenters. The Kier molecular flexibility index (Phi) is 3.71. The van der Waals surface area contributed by atoms with Crippen LogP contribution in [0.15, 0.2) is 12.7 Å². The van der Waals surface area contributed by atoms with Gasteiger partial charge in [0.15, 0.2) is 0 Å². The molecule has 1 heterocycles. The molecule has 1 atom stereocenters. The van der Waals surface area contributed by atoms with Crippen molar-refractivity contribution in [3.05, 3.63) is 12.7 Å². The molecular weight excluding hydrogens is 172 g/mol. The lowest BCUT2D eigenvalue weighted by atomic mass is 9.83. The molecule has 2 heteroatoms. The van der Waals surface area contributed by atoms with Gasteiger partial charge in [-0.15, -0.1) is 6.58 Å². The van der Waals surface area contributed by atoms with Crippen LogP contribution in [-0.4, -0.2) is 23.5 Å². The lowest BCUT2D eigenvalue weighted by Crippen LogP contribution is -2.50. The van der Waals surface area contributed by atoms with E-state index in [1.54, 1.807) is 0 Å². The third kappa shape index (κ3) is 2.59. The zero-order chi connectivity index (χ0) is 10.6. The summed E-state index contributed by atoms with van der Waals surface area (Å²) in [5, 5.41) is 8.68. The Morgan fingerprint density at radius 1 is 1.64 bits per heavy atom. The van der Waals surface area contributed by atoms with Gasteiger partial charge in [-0.3, -0.25) is 4.90 Å². The van der Waals surface area contributed by atoms with E-state index < -0.39 is 0 Å². The number of nitrogens with zero attached hydrogens (tertiary/aromatic N) is 2. The zero-order valence-corrected chi connectivity index (χ0v) is 9.29. The van der Waals surface area contributed by atoms with E-state index in [-0.39, 0.29) is 5.54 Å². The lowest BCUT2D eigenvalue weighted by Gasteiger charge is -2.44. The molecule has 0 saturated carbocycles. The quantitative estimate of drug-likeness (QED) is 0.643. The van der Waals surface area contributed by atoms with Crippen molar-refractivity contribution in [3.63, 3.8) is 0 Å². The SMILES string of the molecule is C=CCN1CC(CC#N)CCC1(C)C. The lowest BCUT2D eigenvalue weighted by molar-refractivity contribution is 0.0581. The highest BCUT2D eigenvalue weighted by Crippen LogP contribution is 2.31. The van der Waals surface area contributed by atoms with Gasteiger partial charge in [-0.1, -0.05) is 6.08 Å². The molecule has 0 N–H and O–H groups in total. The molecule has 2 nitrogen and oxygen atoms in total. The molecule has 0 amide bonds. The minimum absolute atomic E-state index is 0.278. The number of rotatable bonds is 3. The molecule has 1 fully saturated rings. The van der Waals surface area contributed by atoms with E-state index in [0.29, 0.717) is 12.3 Å². The first-order chi connectivity index (χ1) is 6.60. The summed E-state index contributed by atoms with van der Waals surface area (Å²) >= 11 is 0. The fraction of sp³-hybridized carbons (Fsp3) is 0.750. The Morgan fingerprint density at radius 2 is 2.36 bits per heavy atom. The molecule has 14 heavy (non-hydrogen) atoms. The summed E-state index contributed by atoms with van der Waals surface area (Å²) in [5.41, 5.74) is 0.278. The minimum Gasteiger partial charge on any atom is -0.294 e. The van der Waals surface area contributed by atoms with Crippen LogP contribution >= 0.6 is 0 Å². The van der Waals surface area contributed by atoms with Gasteiger partial charge >= 0.3 is 0 Å². The summed E-state index contributed by atoms with van der Waals surface area (Å²) in [7, 11) is 0. The Balaban J connectivity index is 2.58. The molecule has 78 valence electrons. The van der Waals surface area contributed by atoms with Crippen molar-refractivity contribution in [2.75, 3.05) is 13.1 Å². The average Bonchev–Trinajstić information content (AvgIpc) is 2.12. The molecule has 1 aliphatic heterocycles. The molecular formula is C12H20N2. The molecule has 0 radical (unpaired) electrons. The average molecular weight is 192 g/mol. The van der Waals surface area contributed by atoms with Gasteiger partial charge in [0.2, 0.25) is 0 Å². The summed E-state index contributed by atoms with van der Waals surface area (Å²) in [6.45, 7) is 10.3. The van der Waals surface area contributed by atoms with Gasteiger partial charge in [0.1, 0.15) is 0 Å². The molecule has 0 aromatic rings. The normalized spacial score (nSPS) is 26.8. The maximum Gasteiger partial charge on any atom is 0.0625 e. The van der Waals surface area contributed by atoms with E-state index in [9.17, 15) is 0 Å². The monoisotopic (exact) mass is 192 g/mol. The van der Waals surface area contributed by atoms with Crippen molar-refractivity contribution < 1.29 is 0 Å². The first-order valence-corrected chi connectivity index (χ1v) is 5.33. The number of hydrogen-bond acceptors (Lipinski definition) is 2. The first-order valence-electron chi connectivity index (χ1n) is 5.33. The molecule has 0 spiro atoms. The number of hydrogen-bond donors (Lipinski definition) is 0. The van der Waals surface area contributed by atoms with Crippen LogP contribution in [0.4, 0.5) is 0 Å². The third-order valence-corrected chi connectivity index (χ3v) is 3.23. The van der Waals surface area contributed by atoms with E-state index in [0.717, 1.165) is 13.1 Å². The maximum atomic E-state index is 8.68. The van der Waals surface area contributed by atoms with E-state index in [1.807, 2.05) is 6.08 Å². The molecule has 1 aliphatic rings. The fourth-order valence-corrected chi connectivity index (χ4v) is 2.14. The first kappa shape index (κ1) is 11.3. The van der Waals surface area contributed by atoms with Crippen LogP contribution in [0.3, 0.4) is 0 Å². The third-order valence-electron chi connectivity index (χ3n) is 3.23. The molecule has 0 aromatic carbocycles. The molecule has 0 aliphatic carbocycles. The van der Waals surface area contributed by atoms with Gasteiger partial charge in [0.25, 0.3) is 0 Å². The van der Waals surface area contributed by atoms with Gasteiger partial charge in [-0.2, -0.15) is 5.26 Å². The number of nitriles is 1. The summed E-state index contributed by atoms with van der Waals surface area (Å²) in [4.78, 5) is 2.44. The molecule has 1 rings (SSSR count). The summed E-state index contributed by atoms with van der Waals surface area (Å²) in [5.74, 6) is 0.563. The topological polar surface area (TPSA) is 27.0 Å². The van der Waals surface area contributed by atoms with Crippen molar-refractivity contribution in [1.82, 2.24) is 4.90 Å². The van der Waals surface area contributed by atoms with Crippen LogP contribution in [0.5, 0.6) is 0 Å². The summed E-state index contributed by atoms with van der Waals surface area (Å²) in [6.07, 6.45) is 5.03. The van der Waals surface area contributed by atoms with Gasteiger partial charge in [-0.25, -0.2) is 0 Å². The van der Waals surface area contributed by atoms with E-state index >= 15 is 0 Å². The van der Waals surface area contributed by atoms with Gasteiger partial charge < -0.3 is 0 Å². The van der Waals surface area contributed by atoms with E-state index in [2.05, 4.69) is 31.4 Å². The number of likely N-dealkylation sites (tertiary alicyclic amines) is 1. The predicted octanol–water partition coefficient (Wildman–Crippen LogP) is 2.58. The highest BCUT2D eigenvalue weighted by Gasteiger charge is 2.32. The highest BCUT2D eigenvalue weighted by molar-refractivity contribution is 4.93. The van der Waals surface area contributed by atoms with Crippen molar-refractivity contribution in [2.45, 2.75) is 38.6 Å². The second kappa shape index (κ2) is 4.61. The standard InChI is InChI=1S/C12H20N2/c1-4-9-14-10-11(6-8-13)5-7-12(14,2)3/h4,11H,1,5-7,9-10H2,2-3H3. The summed E-state index contributed by atoms with van der Waals surface area (Å²) in [6, 6.07) is 2.27. The van der Waals surface area contributed by atoms with Gasteiger partial charge in [0, 0.05) is 25.0 Å². The smallest absolute Gasteiger partial charge is 0.0625 e. The van der Waals surface area contributed by atoms with Crippen LogP contribution in [0.1, 0.15) is 33.1 Å². The van der Waals surface area contributed by atoms with Crippen molar-refractivity contribution >= 4 is 0 Å². The zero-order valence-electron chi connectivity index (χ0n) is 9.29. The van der Waals surface area contributed by atoms with Crippen molar-refractivity contribution in [2.24, 2.45) is 5.92 Å². The number of piperidine rings is 1. The van der Waals surface area contributed by atoms with Crippen molar-refractivity contribution in [1.29, 1.82) is 5.26 Å².